The summed E-state index contributed by atoms with van der Waals surface area (Å²) in [7, 11) is 1.74. The summed E-state index contributed by atoms with van der Waals surface area (Å²) in [5.74, 6) is -0.698. The Kier molecular flexibility index (Phi) is 10.2. The van der Waals surface area contributed by atoms with Gasteiger partial charge in [0.05, 0.1) is 6.04 Å². The summed E-state index contributed by atoms with van der Waals surface area (Å²) >= 11 is 0. The molecule has 5 rings (SSSR count). The number of unbranched alkanes of at least 4 members (excludes halogenated alkanes) is 1. The van der Waals surface area contributed by atoms with Gasteiger partial charge in [0.1, 0.15) is 23.9 Å². The third kappa shape index (κ3) is 7.76. The first-order chi connectivity index (χ1) is 19.8. The first-order valence-electron chi connectivity index (χ1n) is 14.4. The smallest absolute Gasteiger partial charge is 0.247 e. The van der Waals surface area contributed by atoms with E-state index in [0.717, 1.165) is 35.0 Å². The Bertz CT molecular complexity index is 1330. The van der Waals surface area contributed by atoms with Gasteiger partial charge < -0.3 is 31.0 Å². The molecule has 2 aliphatic rings. The molecule has 2 bridgehead atoms. The Hall–Kier alpha value is -4.11. The first-order valence-corrected chi connectivity index (χ1v) is 14.4. The number of likely N-dealkylation sites (N-methyl/N-ethyl adjacent to an activating group) is 1. The summed E-state index contributed by atoms with van der Waals surface area (Å²) in [5.41, 5.74) is 2.63. The number of aromatic nitrogens is 1. The molecule has 0 spiro atoms. The molecule has 0 fully saturated rings. The zero-order chi connectivity index (χ0) is 29.4. The second kappa shape index (κ2) is 14.0. The summed E-state index contributed by atoms with van der Waals surface area (Å²) in [4.78, 5) is 44.1. The molecule has 0 saturated carbocycles. The number of para-hydroxylation sites is 1. The minimum Gasteiger partial charge on any atom is -0.487 e. The molecule has 9 heteroatoms. The predicted molar refractivity (Wildman–Crippen MR) is 161 cm³/mol. The van der Waals surface area contributed by atoms with Crippen LogP contribution in [-0.4, -0.2) is 54.0 Å². The summed E-state index contributed by atoms with van der Waals surface area (Å²) < 4.78 is 6.35. The Morgan fingerprint density at radius 3 is 2.49 bits per heavy atom. The van der Waals surface area contributed by atoms with E-state index in [2.05, 4.69) is 33.2 Å². The number of benzene rings is 2. The zero-order valence-corrected chi connectivity index (χ0v) is 24.2. The van der Waals surface area contributed by atoms with Gasteiger partial charge in [0.25, 0.3) is 0 Å². The van der Waals surface area contributed by atoms with Crippen LogP contribution in [0.4, 0.5) is 0 Å². The van der Waals surface area contributed by atoms with E-state index in [1.54, 1.807) is 19.3 Å². The summed E-state index contributed by atoms with van der Waals surface area (Å²) in [6.07, 6.45) is 5.34. The Labute approximate surface area is 241 Å². The van der Waals surface area contributed by atoms with Crippen LogP contribution in [0, 0.1) is 5.92 Å². The van der Waals surface area contributed by atoms with E-state index in [1.807, 2.05) is 68.4 Å². The lowest BCUT2D eigenvalue weighted by atomic mass is 9.96. The highest BCUT2D eigenvalue weighted by Gasteiger charge is 2.37. The molecule has 5 N–H and O–H groups in total. The lowest BCUT2D eigenvalue weighted by molar-refractivity contribution is -0.135. The SMILES string of the molecule is CCCC[C@H](NC)C(=O)N[C@H]1C(=O)N[C@H](Cc2cc3ccccc3[nH]2)C(=O)N/C=C\c2ccc(cc2)O[C@@H]1C(C)C. The zero-order valence-electron chi connectivity index (χ0n) is 24.2. The molecule has 4 atom stereocenters. The fraction of sp³-hybridized carbons (Fsp3) is 0.406. The first kappa shape index (κ1) is 29.9. The molecule has 218 valence electrons. The number of hydrogen-bond acceptors (Lipinski definition) is 5. The van der Waals surface area contributed by atoms with Crippen molar-refractivity contribution in [2.75, 3.05) is 7.05 Å². The maximum absolute atomic E-state index is 14.0. The Balaban J connectivity index is 1.69. The fourth-order valence-electron chi connectivity index (χ4n) is 5.02. The molecule has 2 aliphatic heterocycles. The van der Waals surface area contributed by atoms with Crippen molar-refractivity contribution in [2.24, 2.45) is 5.92 Å². The largest absolute Gasteiger partial charge is 0.487 e. The van der Waals surface area contributed by atoms with Crippen molar-refractivity contribution in [3.8, 4) is 5.75 Å². The van der Waals surface area contributed by atoms with Gasteiger partial charge in [-0.2, -0.15) is 0 Å². The van der Waals surface area contributed by atoms with Gasteiger partial charge in [-0.3, -0.25) is 14.4 Å². The molecule has 0 saturated heterocycles. The van der Waals surface area contributed by atoms with E-state index >= 15 is 0 Å². The standard InChI is InChI=1S/C32H41N5O4/c1-5-6-10-26(33-4)31(39)37-28-29(20(2)3)41-24-14-12-21(13-15-24)16-17-34-30(38)27(36-32(28)40)19-23-18-22-9-7-8-11-25(22)35-23/h7-9,11-18,20,26-29,33,35H,5-6,10,19H2,1-4H3,(H,34,38)(H,36,40)(H,37,39)/b17-16-/t26-,27+,28+,29+/m0/s1. The second-order valence-electron chi connectivity index (χ2n) is 10.9. The molecule has 0 radical (unpaired) electrons. The highest BCUT2D eigenvalue weighted by atomic mass is 16.5. The lowest BCUT2D eigenvalue weighted by Gasteiger charge is -2.32. The Morgan fingerprint density at radius 1 is 1.05 bits per heavy atom. The van der Waals surface area contributed by atoms with Crippen molar-refractivity contribution in [1.82, 2.24) is 26.3 Å². The van der Waals surface area contributed by atoms with Crippen LogP contribution < -0.4 is 26.0 Å². The predicted octanol–water partition coefficient (Wildman–Crippen LogP) is 3.66. The van der Waals surface area contributed by atoms with Crippen LogP contribution in [0.15, 0.2) is 60.8 Å². The molecule has 9 nitrogen and oxygen atoms in total. The minimum absolute atomic E-state index is 0.136. The number of carbonyl (C=O) groups excluding carboxylic acids is 3. The molecular weight excluding hydrogens is 518 g/mol. The molecular formula is C32H41N5O4. The number of nitrogens with one attached hydrogen (secondary N) is 5. The van der Waals surface area contributed by atoms with Crippen LogP contribution >= 0.6 is 0 Å². The van der Waals surface area contributed by atoms with Gasteiger partial charge >= 0.3 is 0 Å². The van der Waals surface area contributed by atoms with Crippen LogP contribution in [0.5, 0.6) is 5.75 Å². The van der Waals surface area contributed by atoms with Gasteiger partial charge in [-0.25, -0.2) is 0 Å². The van der Waals surface area contributed by atoms with Crippen molar-refractivity contribution >= 4 is 34.7 Å². The van der Waals surface area contributed by atoms with E-state index in [9.17, 15) is 14.4 Å². The molecule has 3 amide bonds. The van der Waals surface area contributed by atoms with Crippen LogP contribution in [-0.2, 0) is 20.8 Å². The monoisotopic (exact) mass is 559 g/mol. The molecule has 1 aromatic heterocycles. The van der Waals surface area contributed by atoms with E-state index in [-0.39, 0.29) is 24.2 Å². The van der Waals surface area contributed by atoms with Gasteiger partial charge in [0, 0.05) is 23.8 Å². The maximum Gasteiger partial charge on any atom is 0.247 e. The normalized spacial score (nSPS) is 21.0. The van der Waals surface area contributed by atoms with Crippen molar-refractivity contribution in [1.29, 1.82) is 0 Å². The number of H-pyrrole nitrogens is 1. The van der Waals surface area contributed by atoms with Crippen LogP contribution in [0.2, 0.25) is 0 Å². The van der Waals surface area contributed by atoms with E-state index < -0.39 is 30.1 Å². The number of rotatable bonds is 9. The average molecular weight is 560 g/mol. The number of amides is 3. The minimum atomic E-state index is -1.05. The van der Waals surface area contributed by atoms with Crippen molar-refractivity contribution in [3.63, 3.8) is 0 Å². The number of fused-ring (bicyclic) bond motifs is 11. The van der Waals surface area contributed by atoms with Crippen molar-refractivity contribution in [3.05, 3.63) is 72.1 Å². The number of aromatic amines is 1. The lowest BCUT2D eigenvalue weighted by Crippen LogP contribution is -2.61. The van der Waals surface area contributed by atoms with Gasteiger partial charge in [-0.1, -0.05) is 63.9 Å². The number of ether oxygens (including phenoxy) is 1. The number of carbonyl (C=O) groups is 3. The third-order valence-electron chi connectivity index (χ3n) is 7.37. The molecule has 3 aromatic rings. The van der Waals surface area contributed by atoms with E-state index in [0.29, 0.717) is 12.2 Å². The van der Waals surface area contributed by atoms with Crippen molar-refractivity contribution < 1.29 is 19.1 Å². The van der Waals surface area contributed by atoms with Crippen LogP contribution in [0.1, 0.15) is 51.3 Å². The van der Waals surface area contributed by atoms with Gasteiger partial charge in [-0.05, 0) is 60.7 Å². The topological polar surface area (TPSA) is 124 Å². The quantitative estimate of drug-likeness (QED) is 0.274. The average Bonchev–Trinajstić information content (AvgIpc) is 3.37. The highest BCUT2D eigenvalue weighted by Crippen LogP contribution is 2.21. The van der Waals surface area contributed by atoms with Gasteiger partial charge in [0.15, 0.2) is 0 Å². The molecule has 0 unspecified atom stereocenters. The third-order valence-corrected chi connectivity index (χ3v) is 7.37. The fourth-order valence-corrected chi connectivity index (χ4v) is 5.02. The molecule has 3 heterocycles. The molecule has 2 aromatic carbocycles. The second-order valence-corrected chi connectivity index (χ2v) is 10.9. The van der Waals surface area contributed by atoms with Crippen molar-refractivity contribution in [2.45, 2.75) is 70.7 Å². The number of hydrogen-bond donors (Lipinski definition) is 5. The maximum atomic E-state index is 14.0. The van der Waals surface area contributed by atoms with Crippen LogP contribution in [0.3, 0.4) is 0 Å². The van der Waals surface area contributed by atoms with E-state index in [4.69, 9.17) is 4.74 Å². The summed E-state index contributed by atoms with van der Waals surface area (Å²) in [5, 5.41) is 12.8. The van der Waals surface area contributed by atoms with Gasteiger partial charge in [0.2, 0.25) is 17.7 Å². The van der Waals surface area contributed by atoms with Gasteiger partial charge in [-0.15, -0.1) is 0 Å². The summed E-state index contributed by atoms with van der Waals surface area (Å²) in [6.45, 7) is 5.95. The van der Waals surface area contributed by atoms with Crippen LogP contribution in [0.25, 0.3) is 17.0 Å². The Morgan fingerprint density at radius 2 is 1.80 bits per heavy atom. The molecule has 41 heavy (non-hydrogen) atoms. The highest BCUT2D eigenvalue weighted by molar-refractivity contribution is 5.94. The van der Waals surface area contributed by atoms with E-state index in [1.165, 1.54) is 0 Å². The summed E-state index contributed by atoms with van der Waals surface area (Å²) in [6, 6.07) is 14.8. The molecule has 0 aliphatic carbocycles.